The molecule has 0 aromatic carbocycles. The number of thiazole rings is 1. The van der Waals surface area contributed by atoms with Gasteiger partial charge in [-0.05, 0) is 22.9 Å². The van der Waals surface area contributed by atoms with Crippen LogP contribution in [0.15, 0.2) is 63.2 Å². The van der Waals surface area contributed by atoms with Gasteiger partial charge in [-0.15, -0.1) is 40.6 Å². The maximum Gasteiger partial charge on any atom is 0.206 e. The summed E-state index contributed by atoms with van der Waals surface area (Å²) in [6.45, 7) is 4.31. The third-order valence-electron chi connectivity index (χ3n) is 2.66. The first-order chi connectivity index (χ1) is 10.4. The second kappa shape index (κ2) is 6.80. The van der Waals surface area contributed by atoms with Gasteiger partial charge < -0.3 is 0 Å². The van der Waals surface area contributed by atoms with Gasteiger partial charge in [0.2, 0.25) is 4.80 Å². The van der Waals surface area contributed by atoms with Crippen LogP contribution in [0.5, 0.6) is 0 Å². The van der Waals surface area contributed by atoms with Crippen LogP contribution in [0, 0.1) is 0 Å². The summed E-state index contributed by atoms with van der Waals surface area (Å²) < 4.78 is 1.90. The van der Waals surface area contributed by atoms with E-state index in [-0.39, 0.29) is 0 Å². The quantitative estimate of drug-likeness (QED) is 0.493. The van der Waals surface area contributed by atoms with Crippen LogP contribution >= 0.6 is 34.0 Å². The van der Waals surface area contributed by atoms with Crippen LogP contribution in [-0.2, 0) is 0 Å². The van der Waals surface area contributed by atoms with Crippen molar-refractivity contribution in [2.75, 3.05) is 6.54 Å². The van der Waals surface area contributed by atoms with Crippen molar-refractivity contribution in [2.24, 2.45) is 10.1 Å². The summed E-state index contributed by atoms with van der Waals surface area (Å²) in [6.07, 6.45) is 3.67. The highest BCUT2D eigenvalue weighted by molar-refractivity contribution is 7.14. The second-order valence-electron chi connectivity index (χ2n) is 4.08. The monoisotopic (exact) mass is 331 g/mol. The van der Waals surface area contributed by atoms with Crippen molar-refractivity contribution in [1.29, 1.82) is 0 Å². The lowest BCUT2D eigenvalue weighted by Gasteiger charge is -1.99. The molecule has 0 amide bonds. The molecule has 21 heavy (non-hydrogen) atoms. The van der Waals surface area contributed by atoms with E-state index in [0.29, 0.717) is 6.54 Å². The van der Waals surface area contributed by atoms with Crippen LogP contribution in [0.4, 0.5) is 0 Å². The SMILES string of the molecule is C=CCN=c1scc(-c2cccs2)n1N=Cc1cccs1. The van der Waals surface area contributed by atoms with Gasteiger partial charge in [0, 0.05) is 10.3 Å². The van der Waals surface area contributed by atoms with Crippen molar-refractivity contribution in [2.45, 2.75) is 0 Å². The van der Waals surface area contributed by atoms with E-state index >= 15 is 0 Å². The van der Waals surface area contributed by atoms with Gasteiger partial charge in [0.1, 0.15) is 0 Å². The summed E-state index contributed by atoms with van der Waals surface area (Å²) in [7, 11) is 0. The highest BCUT2D eigenvalue weighted by Gasteiger charge is 2.07. The van der Waals surface area contributed by atoms with Gasteiger partial charge in [-0.25, -0.2) is 4.68 Å². The van der Waals surface area contributed by atoms with Gasteiger partial charge in [0.15, 0.2) is 0 Å². The largest absolute Gasteiger partial charge is 0.253 e. The summed E-state index contributed by atoms with van der Waals surface area (Å²) in [5.74, 6) is 0. The van der Waals surface area contributed by atoms with Crippen molar-refractivity contribution in [3.63, 3.8) is 0 Å². The lowest BCUT2D eigenvalue weighted by molar-refractivity contribution is 0.842. The van der Waals surface area contributed by atoms with Crippen molar-refractivity contribution < 1.29 is 0 Å². The van der Waals surface area contributed by atoms with Gasteiger partial charge in [-0.3, -0.25) is 4.99 Å². The van der Waals surface area contributed by atoms with Crippen LogP contribution < -0.4 is 4.80 Å². The number of hydrogen-bond donors (Lipinski definition) is 0. The van der Waals surface area contributed by atoms with E-state index in [1.54, 1.807) is 40.1 Å². The highest BCUT2D eigenvalue weighted by atomic mass is 32.1. The number of nitrogens with zero attached hydrogens (tertiary/aromatic N) is 3. The van der Waals surface area contributed by atoms with E-state index in [1.165, 1.54) is 4.88 Å². The molecule has 0 bridgehead atoms. The molecule has 0 saturated carbocycles. The average Bonchev–Trinajstić information content (AvgIpc) is 3.22. The topological polar surface area (TPSA) is 29.6 Å². The van der Waals surface area contributed by atoms with E-state index in [0.717, 1.165) is 15.4 Å². The van der Waals surface area contributed by atoms with Gasteiger partial charge in [0.25, 0.3) is 0 Å². The zero-order chi connectivity index (χ0) is 14.5. The summed E-state index contributed by atoms with van der Waals surface area (Å²) >= 11 is 4.97. The fourth-order valence-corrected chi connectivity index (χ4v) is 3.96. The molecule has 106 valence electrons. The molecule has 0 saturated heterocycles. The van der Waals surface area contributed by atoms with Gasteiger partial charge in [-0.1, -0.05) is 18.2 Å². The van der Waals surface area contributed by atoms with Crippen LogP contribution in [0.2, 0.25) is 0 Å². The van der Waals surface area contributed by atoms with E-state index < -0.39 is 0 Å². The zero-order valence-corrected chi connectivity index (χ0v) is 13.6. The summed E-state index contributed by atoms with van der Waals surface area (Å²) in [6, 6.07) is 8.21. The fraction of sp³-hybridized carbons (Fsp3) is 0.0667. The normalized spacial score (nSPS) is 12.3. The molecule has 0 spiro atoms. The van der Waals surface area contributed by atoms with E-state index in [4.69, 9.17) is 0 Å². The molecule has 0 aliphatic heterocycles. The first-order valence-electron chi connectivity index (χ1n) is 6.32. The van der Waals surface area contributed by atoms with Crippen LogP contribution in [0.3, 0.4) is 0 Å². The Kier molecular flexibility index (Phi) is 4.59. The molecule has 0 atom stereocenters. The number of hydrogen-bond acceptors (Lipinski definition) is 5. The first-order valence-corrected chi connectivity index (χ1v) is 8.96. The van der Waals surface area contributed by atoms with Crippen LogP contribution in [0.25, 0.3) is 10.6 Å². The molecule has 6 heteroatoms. The molecule has 0 radical (unpaired) electrons. The molecule has 0 N–H and O–H groups in total. The molecule has 0 fully saturated rings. The maximum atomic E-state index is 4.61. The molecule has 0 aliphatic carbocycles. The lowest BCUT2D eigenvalue weighted by atomic mass is 10.4. The first kappa shape index (κ1) is 14.2. The van der Waals surface area contributed by atoms with Crippen molar-refractivity contribution in [3.05, 3.63) is 62.7 Å². The minimum Gasteiger partial charge on any atom is -0.253 e. The standard InChI is InChI=1S/C15H13N3S3/c1-2-7-16-15-18(17-10-12-5-3-8-19-12)13(11-21-15)14-6-4-9-20-14/h2-6,8-11H,1,7H2. The molecule has 0 unspecified atom stereocenters. The predicted molar refractivity (Wildman–Crippen MR) is 93.6 cm³/mol. The number of rotatable bonds is 5. The third kappa shape index (κ3) is 3.29. The van der Waals surface area contributed by atoms with Crippen molar-refractivity contribution >= 4 is 40.2 Å². The number of aromatic nitrogens is 1. The predicted octanol–water partition coefficient (Wildman–Crippen LogP) is 4.31. The van der Waals surface area contributed by atoms with Crippen LogP contribution in [-0.4, -0.2) is 17.4 Å². The summed E-state index contributed by atoms with van der Waals surface area (Å²) in [5.41, 5.74) is 1.07. The molecule has 3 rings (SSSR count). The molecule has 3 aromatic heterocycles. The molecule has 0 aliphatic rings. The van der Waals surface area contributed by atoms with Gasteiger partial charge in [0.05, 0.1) is 23.3 Å². The van der Waals surface area contributed by atoms with E-state index in [2.05, 4.69) is 33.5 Å². The smallest absolute Gasteiger partial charge is 0.206 e. The van der Waals surface area contributed by atoms with Gasteiger partial charge in [-0.2, -0.15) is 5.10 Å². The summed E-state index contributed by atoms with van der Waals surface area (Å²) in [4.78, 5) is 7.71. The zero-order valence-electron chi connectivity index (χ0n) is 11.2. The fourth-order valence-electron chi connectivity index (χ4n) is 1.74. The third-order valence-corrected chi connectivity index (χ3v) is 5.21. The lowest BCUT2D eigenvalue weighted by Crippen LogP contribution is -2.12. The minimum absolute atomic E-state index is 0.596. The minimum atomic E-state index is 0.596. The molecule has 3 aromatic rings. The van der Waals surface area contributed by atoms with E-state index in [1.807, 2.05) is 34.5 Å². The second-order valence-corrected chi connectivity index (χ2v) is 6.85. The van der Waals surface area contributed by atoms with Crippen LogP contribution in [0.1, 0.15) is 4.88 Å². The molecule has 3 heterocycles. The Bertz CT molecular complexity index is 790. The Hall–Kier alpha value is -1.76. The van der Waals surface area contributed by atoms with Gasteiger partial charge >= 0.3 is 0 Å². The maximum absolute atomic E-state index is 4.61. The Morgan fingerprint density at radius 1 is 1.14 bits per heavy atom. The van der Waals surface area contributed by atoms with Crippen molar-refractivity contribution in [1.82, 2.24) is 4.68 Å². The number of thiophene rings is 2. The Labute approximate surface area is 134 Å². The highest BCUT2D eigenvalue weighted by Crippen LogP contribution is 2.25. The van der Waals surface area contributed by atoms with E-state index in [9.17, 15) is 0 Å². The Morgan fingerprint density at radius 2 is 2.00 bits per heavy atom. The Morgan fingerprint density at radius 3 is 2.71 bits per heavy atom. The Balaban J connectivity index is 2.06. The van der Waals surface area contributed by atoms with Crippen molar-refractivity contribution in [3.8, 4) is 10.6 Å². The molecule has 3 nitrogen and oxygen atoms in total. The molecular weight excluding hydrogens is 318 g/mol. The average molecular weight is 331 g/mol. The summed E-state index contributed by atoms with van der Waals surface area (Å²) in [5, 5.41) is 10.8. The molecular formula is C15H13N3S3.